The van der Waals surface area contributed by atoms with Crippen molar-refractivity contribution in [2.75, 3.05) is 6.73 Å². The minimum absolute atomic E-state index is 0.261. The van der Waals surface area contributed by atoms with Gasteiger partial charge in [-0.25, -0.2) is 9.69 Å². The molecule has 0 bridgehead atoms. The van der Waals surface area contributed by atoms with Crippen LogP contribution in [0, 0.1) is 0 Å². The third kappa shape index (κ3) is 2.11. The number of rotatable bonds is 2. The van der Waals surface area contributed by atoms with Gasteiger partial charge in [0.15, 0.2) is 6.73 Å². The predicted octanol–water partition coefficient (Wildman–Crippen LogP) is 0.762. The highest BCUT2D eigenvalue weighted by atomic mass is 16.5. The molecule has 2 fully saturated rings. The molecule has 1 aliphatic heterocycles. The van der Waals surface area contributed by atoms with E-state index in [0.717, 1.165) is 24.2 Å². The summed E-state index contributed by atoms with van der Waals surface area (Å²) in [6, 6.07) is -0.460. The van der Waals surface area contributed by atoms with Crippen LogP contribution in [0.4, 0.5) is 4.79 Å². The van der Waals surface area contributed by atoms with Crippen LogP contribution >= 0.6 is 0 Å². The molecule has 0 aromatic heterocycles. The molecule has 1 spiro atoms. The van der Waals surface area contributed by atoms with Crippen molar-refractivity contribution < 1.29 is 19.1 Å². The number of amides is 3. The Morgan fingerprint density at radius 2 is 2.00 bits per heavy atom. The number of ether oxygens (including phenoxy) is 1. The van der Waals surface area contributed by atoms with E-state index in [1.54, 1.807) is 0 Å². The number of carbonyl (C=O) groups excluding carboxylic acids is 3. The van der Waals surface area contributed by atoms with Crippen LogP contribution in [0.25, 0.3) is 0 Å². The molecule has 0 radical (unpaired) electrons. The lowest BCUT2D eigenvalue weighted by molar-refractivity contribution is -0.148. The zero-order valence-electron chi connectivity index (χ0n) is 9.82. The van der Waals surface area contributed by atoms with Crippen LogP contribution in [-0.2, 0) is 14.3 Å². The molecule has 0 aromatic carbocycles. The molecule has 1 aliphatic carbocycles. The van der Waals surface area contributed by atoms with Crippen molar-refractivity contribution in [3.63, 3.8) is 0 Å². The smallest absolute Gasteiger partial charge is 0.327 e. The van der Waals surface area contributed by atoms with Gasteiger partial charge in [-0.3, -0.25) is 9.59 Å². The second-order valence-corrected chi connectivity index (χ2v) is 4.57. The van der Waals surface area contributed by atoms with Crippen molar-refractivity contribution in [3.8, 4) is 0 Å². The quantitative estimate of drug-likeness (QED) is 0.571. The van der Waals surface area contributed by atoms with Crippen molar-refractivity contribution in [1.82, 2.24) is 10.2 Å². The van der Waals surface area contributed by atoms with Gasteiger partial charge >= 0.3 is 12.0 Å². The number of esters is 1. The molecule has 1 N–H and O–H groups in total. The third-order valence-corrected chi connectivity index (χ3v) is 3.35. The molecular weight excluding hydrogens is 224 g/mol. The molecule has 0 atom stereocenters. The van der Waals surface area contributed by atoms with Crippen molar-refractivity contribution >= 4 is 17.9 Å². The van der Waals surface area contributed by atoms with Crippen LogP contribution in [0.5, 0.6) is 0 Å². The molecule has 6 heteroatoms. The predicted molar refractivity (Wildman–Crippen MR) is 57.8 cm³/mol. The molecule has 0 unspecified atom stereocenters. The van der Waals surface area contributed by atoms with Crippen molar-refractivity contribution in [1.29, 1.82) is 0 Å². The summed E-state index contributed by atoms with van der Waals surface area (Å²) in [5, 5.41) is 2.74. The van der Waals surface area contributed by atoms with E-state index in [9.17, 15) is 14.4 Å². The maximum absolute atomic E-state index is 12.2. The van der Waals surface area contributed by atoms with E-state index in [1.807, 2.05) is 0 Å². The van der Waals surface area contributed by atoms with Gasteiger partial charge in [-0.05, 0) is 12.8 Å². The fraction of sp³-hybridized carbons (Fsp3) is 0.727. The molecule has 6 nitrogen and oxygen atoms in total. The first-order valence-corrected chi connectivity index (χ1v) is 5.83. The van der Waals surface area contributed by atoms with E-state index in [4.69, 9.17) is 4.74 Å². The second kappa shape index (κ2) is 4.35. The highest BCUT2D eigenvalue weighted by Gasteiger charge is 2.51. The Labute approximate surface area is 99.3 Å². The van der Waals surface area contributed by atoms with Gasteiger partial charge in [-0.2, -0.15) is 0 Å². The van der Waals surface area contributed by atoms with E-state index >= 15 is 0 Å². The Morgan fingerprint density at radius 3 is 2.59 bits per heavy atom. The summed E-state index contributed by atoms with van der Waals surface area (Å²) in [4.78, 5) is 35.5. The Hall–Kier alpha value is -1.59. The van der Waals surface area contributed by atoms with Gasteiger partial charge in [0, 0.05) is 6.92 Å². The first-order chi connectivity index (χ1) is 8.05. The monoisotopic (exact) mass is 240 g/mol. The summed E-state index contributed by atoms with van der Waals surface area (Å²) < 4.78 is 4.71. The summed E-state index contributed by atoms with van der Waals surface area (Å²) >= 11 is 0. The van der Waals surface area contributed by atoms with Gasteiger partial charge in [0.1, 0.15) is 5.54 Å². The normalized spacial score (nSPS) is 22.8. The van der Waals surface area contributed by atoms with E-state index in [0.29, 0.717) is 12.8 Å². The van der Waals surface area contributed by atoms with Crippen molar-refractivity contribution in [2.45, 2.75) is 44.6 Å². The zero-order chi connectivity index (χ0) is 12.5. The van der Waals surface area contributed by atoms with E-state index in [-0.39, 0.29) is 12.6 Å². The lowest BCUT2D eigenvalue weighted by Crippen LogP contribution is -2.48. The molecule has 94 valence electrons. The first kappa shape index (κ1) is 11.9. The highest BCUT2D eigenvalue weighted by molar-refractivity contribution is 6.07. The van der Waals surface area contributed by atoms with Crippen LogP contribution in [0.2, 0.25) is 0 Å². The van der Waals surface area contributed by atoms with Crippen molar-refractivity contribution in [3.05, 3.63) is 0 Å². The highest BCUT2D eigenvalue weighted by Crippen LogP contribution is 2.33. The number of carbonyl (C=O) groups is 3. The minimum atomic E-state index is -0.741. The molecular formula is C11H16N2O4. The molecule has 1 saturated carbocycles. The fourth-order valence-corrected chi connectivity index (χ4v) is 2.44. The number of nitrogens with one attached hydrogen (secondary N) is 1. The summed E-state index contributed by atoms with van der Waals surface area (Å²) in [5.41, 5.74) is -0.741. The Kier molecular flexibility index (Phi) is 3.04. The maximum atomic E-state index is 12.2. The van der Waals surface area contributed by atoms with Crippen LogP contribution < -0.4 is 5.32 Å². The second-order valence-electron chi connectivity index (χ2n) is 4.57. The summed E-state index contributed by atoms with van der Waals surface area (Å²) in [6.07, 6.45) is 4.32. The number of urea groups is 1. The molecule has 1 saturated heterocycles. The fourth-order valence-electron chi connectivity index (χ4n) is 2.44. The molecule has 1 heterocycles. The summed E-state index contributed by atoms with van der Waals surface area (Å²) in [5.74, 6) is -0.765. The third-order valence-electron chi connectivity index (χ3n) is 3.35. The van der Waals surface area contributed by atoms with Gasteiger partial charge in [0.05, 0.1) is 0 Å². The lowest BCUT2D eigenvalue weighted by atomic mass is 9.82. The van der Waals surface area contributed by atoms with Crippen LogP contribution in [0.3, 0.4) is 0 Å². The minimum Gasteiger partial charge on any atom is -0.444 e. The maximum Gasteiger partial charge on any atom is 0.327 e. The average Bonchev–Trinajstić information content (AvgIpc) is 2.50. The molecule has 2 aliphatic rings. The van der Waals surface area contributed by atoms with Gasteiger partial charge < -0.3 is 10.1 Å². The number of nitrogens with zero attached hydrogens (tertiary/aromatic N) is 1. The topological polar surface area (TPSA) is 75.7 Å². The Bertz CT molecular complexity index is 360. The summed E-state index contributed by atoms with van der Waals surface area (Å²) in [6.45, 7) is 0.955. The molecule has 17 heavy (non-hydrogen) atoms. The Morgan fingerprint density at radius 1 is 1.35 bits per heavy atom. The van der Waals surface area contributed by atoms with E-state index in [2.05, 4.69) is 5.32 Å². The van der Waals surface area contributed by atoms with Crippen LogP contribution in [0.1, 0.15) is 39.0 Å². The van der Waals surface area contributed by atoms with Crippen molar-refractivity contribution in [2.24, 2.45) is 0 Å². The van der Waals surface area contributed by atoms with E-state index in [1.165, 1.54) is 6.92 Å². The van der Waals surface area contributed by atoms with Gasteiger partial charge in [0.2, 0.25) is 0 Å². The number of imide groups is 1. The summed E-state index contributed by atoms with van der Waals surface area (Å²) in [7, 11) is 0. The SMILES string of the molecule is CC(=O)OCN1C(=O)NC2(CCCCC2)C1=O. The van der Waals surface area contributed by atoms with Gasteiger partial charge in [0.25, 0.3) is 5.91 Å². The largest absolute Gasteiger partial charge is 0.444 e. The molecule has 0 aromatic rings. The first-order valence-electron chi connectivity index (χ1n) is 5.83. The Balaban J connectivity index is 2.07. The van der Waals surface area contributed by atoms with Crippen LogP contribution in [0.15, 0.2) is 0 Å². The average molecular weight is 240 g/mol. The standard InChI is InChI=1S/C11H16N2O4/c1-8(14)17-7-13-9(15)11(12-10(13)16)5-3-2-4-6-11/h2-7H2,1H3,(H,12,16). The number of hydrogen-bond donors (Lipinski definition) is 1. The lowest BCUT2D eigenvalue weighted by Gasteiger charge is -2.30. The molecule has 2 rings (SSSR count). The van der Waals surface area contributed by atoms with Crippen LogP contribution in [-0.4, -0.2) is 35.1 Å². The molecule has 3 amide bonds. The van der Waals surface area contributed by atoms with Gasteiger partial charge in [-0.1, -0.05) is 19.3 Å². The zero-order valence-corrected chi connectivity index (χ0v) is 9.82. The number of hydrogen-bond acceptors (Lipinski definition) is 4. The van der Waals surface area contributed by atoms with E-state index < -0.39 is 17.5 Å². The van der Waals surface area contributed by atoms with Gasteiger partial charge in [-0.15, -0.1) is 0 Å².